The highest BCUT2D eigenvalue weighted by molar-refractivity contribution is 7.14. The fourth-order valence-corrected chi connectivity index (χ4v) is 3.67. The van der Waals surface area contributed by atoms with Crippen LogP contribution in [0.2, 0.25) is 0 Å². The van der Waals surface area contributed by atoms with Crippen LogP contribution in [0.3, 0.4) is 0 Å². The van der Waals surface area contributed by atoms with Crippen molar-refractivity contribution < 1.29 is 28.6 Å². The molecular formula is C21H23NO6S. The number of fused-ring (bicyclic) bond motifs is 1. The molecule has 0 spiro atoms. The second-order valence-electron chi connectivity index (χ2n) is 6.69. The van der Waals surface area contributed by atoms with Crippen LogP contribution in [-0.2, 0) is 14.3 Å². The smallest absolute Gasteiger partial charge is 0.306 e. The molecule has 0 saturated heterocycles. The van der Waals surface area contributed by atoms with E-state index < -0.39 is 11.9 Å². The molecule has 0 saturated carbocycles. The lowest BCUT2D eigenvalue weighted by atomic mass is 10.1. The zero-order valence-corrected chi connectivity index (χ0v) is 17.2. The predicted molar refractivity (Wildman–Crippen MR) is 108 cm³/mol. The maximum Gasteiger partial charge on any atom is 0.306 e. The van der Waals surface area contributed by atoms with Gasteiger partial charge in [0.2, 0.25) is 0 Å². The van der Waals surface area contributed by atoms with Crippen molar-refractivity contribution in [3.8, 4) is 11.5 Å². The van der Waals surface area contributed by atoms with Gasteiger partial charge in [0.25, 0.3) is 5.91 Å². The predicted octanol–water partition coefficient (Wildman–Crippen LogP) is 3.21. The highest BCUT2D eigenvalue weighted by Gasteiger charge is 2.17. The molecule has 7 nitrogen and oxygen atoms in total. The highest BCUT2D eigenvalue weighted by Crippen LogP contribution is 2.32. The van der Waals surface area contributed by atoms with Crippen LogP contribution >= 0.6 is 11.3 Å². The number of amides is 1. The molecule has 1 N–H and O–H groups in total. The number of carbonyl (C=O) groups is 3. The number of benzene rings is 1. The molecule has 1 aromatic carbocycles. The van der Waals surface area contributed by atoms with Crippen molar-refractivity contribution in [2.45, 2.75) is 32.7 Å². The van der Waals surface area contributed by atoms with E-state index in [4.69, 9.17) is 14.2 Å². The first-order valence-corrected chi connectivity index (χ1v) is 10.2. The van der Waals surface area contributed by atoms with Gasteiger partial charge in [-0.2, -0.15) is 0 Å². The number of aryl methyl sites for hydroxylation is 1. The van der Waals surface area contributed by atoms with E-state index in [1.807, 2.05) is 32.0 Å². The van der Waals surface area contributed by atoms with Crippen LogP contribution in [0.25, 0.3) is 0 Å². The Morgan fingerprint density at radius 3 is 2.59 bits per heavy atom. The van der Waals surface area contributed by atoms with Crippen LogP contribution in [0.15, 0.2) is 30.3 Å². The number of hydrogen-bond acceptors (Lipinski definition) is 7. The molecule has 2 heterocycles. The van der Waals surface area contributed by atoms with Gasteiger partial charge in [-0.25, -0.2) is 0 Å². The number of thiophene rings is 1. The summed E-state index contributed by atoms with van der Waals surface area (Å²) in [6.45, 7) is 4.36. The van der Waals surface area contributed by atoms with Gasteiger partial charge in [-0.3, -0.25) is 14.4 Å². The maximum atomic E-state index is 12.1. The van der Waals surface area contributed by atoms with Gasteiger partial charge >= 0.3 is 5.97 Å². The summed E-state index contributed by atoms with van der Waals surface area (Å²) in [5.41, 5.74) is 0.853. The Morgan fingerprint density at radius 2 is 1.86 bits per heavy atom. The molecule has 2 aromatic rings. The second-order valence-corrected chi connectivity index (χ2v) is 7.97. The molecule has 29 heavy (non-hydrogen) atoms. The molecule has 0 aliphatic carbocycles. The normalized spacial score (nSPS) is 13.4. The zero-order valence-electron chi connectivity index (χ0n) is 16.4. The molecule has 0 bridgehead atoms. The third kappa shape index (κ3) is 5.80. The number of carbonyl (C=O) groups excluding carboxylic acids is 3. The topological polar surface area (TPSA) is 90.9 Å². The fraction of sp³-hybridized carbons (Fsp3) is 0.381. The van der Waals surface area contributed by atoms with Gasteiger partial charge in [0.15, 0.2) is 23.9 Å². The minimum absolute atomic E-state index is 0.0548. The van der Waals surface area contributed by atoms with Crippen molar-refractivity contribution in [1.82, 2.24) is 5.32 Å². The number of esters is 1. The van der Waals surface area contributed by atoms with E-state index in [-0.39, 0.29) is 31.3 Å². The van der Waals surface area contributed by atoms with Gasteiger partial charge in [-0.05, 0) is 43.7 Å². The van der Waals surface area contributed by atoms with E-state index in [0.717, 1.165) is 10.4 Å². The quantitative estimate of drug-likeness (QED) is 0.524. The number of hydrogen-bond donors (Lipinski definition) is 1. The van der Waals surface area contributed by atoms with Crippen LogP contribution in [0.1, 0.15) is 45.9 Å². The molecule has 1 amide bonds. The lowest BCUT2D eigenvalue weighted by Crippen LogP contribution is -2.31. The Morgan fingerprint density at radius 1 is 1.10 bits per heavy atom. The van der Waals surface area contributed by atoms with Crippen LogP contribution in [0.5, 0.6) is 11.5 Å². The van der Waals surface area contributed by atoms with Crippen LogP contribution in [-0.4, -0.2) is 37.5 Å². The summed E-state index contributed by atoms with van der Waals surface area (Å²) in [7, 11) is 0. The first kappa shape index (κ1) is 20.9. The van der Waals surface area contributed by atoms with Gasteiger partial charge in [0.05, 0.1) is 17.3 Å². The third-order valence-corrected chi connectivity index (χ3v) is 5.42. The van der Waals surface area contributed by atoms with E-state index in [2.05, 4.69) is 5.32 Å². The summed E-state index contributed by atoms with van der Waals surface area (Å²) in [5, 5.41) is 2.77. The molecule has 3 rings (SSSR count). The molecule has 1 aliphatic rings. The minimum atomic E-state index is -0.575. The van der Waals surface area contributed by atoms with E-state index in [0.29, 0.717) is 29.6 Å². The summed E-state index contributed by atoms with van der Waals surface area (Å²) >= 11 is 1.40. The molecule has 1 aliphatic heterocycles. The molecule has 154 valence electrons. The Bertz CT molecular complexity index is 906. The molecule has 0 fully saturated rings. The molecule has 1 atom stereocenters. The molecule has 0 radical (unpaired) electrons. The average molecular weight is 417 g/mol. The van der Waals surface area contributed by atoms with Gasteiger partial charge in [-0.15, -0.1) is 11.3 Å². The summed E-state index contributed by atoms with van der Waals surface area (Å²) < 4.78 is 16.0. The fourth-order valence-electron chi connectivity index (χ4n) is 2.84. The third-order valence-electron chi connectivity index (χ3n) is 4.38. The van der Waals surface area contributed by atoms with Crippen molar-refractivity contribution in [1.29, 1.82) is 0 Å². The first-order valence-electron chi connectivity index (χ1n) is 9.36. The van der Waals surface area contributed by atoms with Crippen molar-refractivity contribution in [3.05, 3.63) is 45.6 Å². The molecule has 1 aromatic heterocycles. The monoisotopic (exact) mass is 417 g/mol. The Balaban J connectivity index is 1.41. The number of rotatable bonds is 8. The van der Waals surface area contributed by atoms with Gasteiger partial charge in [0.1, 0.15) is 13.2 Å². The van der Waals surface area contributed by atoms with Crippen molar-refractivity contribution >= 4 is 29.0 Å². The number of ketones is 1. The van der Waals surface area contributed by atoms with E-state index in [9.17, 15) is 14.4 Å². The number of nitrogens with one attached hydrogen (secondary N) is 1. The van der Waals surface area contributed by atoms with Gasteiger partial charge < -0.3 is 19.5 Å². The van der Waals surface area contributed by atoms with Gasteiger partial charge in [0, 0.05) is 11.3 Å². The highest BCUT2D eigenvalue weighted by atomic mass is 32.1. The summed E-state index contributed by atoms with van der Waals surface area (Å²) in [5.74, 6) is 0.234. The summed E-state index contributed by atoms with van der Waals surface area (Å²) in [6, 6.07) is 8.80. The van der Waals surface area contributed by atoms with Crippen molar-refractivity contribution in [2.75, 3.05) is 19.8 Å². The van der Waals surface area contributed by atoms with Crippen molar-refractivity contribution in [2.24, 2.45) is 0 Å². The lowest BCUT2D eigenvalue weighted by Gasteiger charge is -2.21. The second kappa shape index (κ2) is 9.56. The van der Waals surface area contributed by atoms with E-state index in [1.54, 1.807) is 12.1 Å². The van der Waals surface area contributed by atoms with Crippen LogP contribution in [0, 0.1) is 6.92 Å². The number of ether oxygens (including phenoxy) is 3. The zero-order chi connectivity index (χ0) is 20.8. The lowest BCUT2D eigenvalue weighted by molar-refractivity contribution is -0.148. The average Bonchev–Trinajstić information content (AvgIpc) is 3.16. The largest absolute Gasteiger partial charge is 0.486 e. The standard InChI is InChI=1S/C21H23NO6S/c1-13-3-7-19(29-13)16(23)5-8-21(25)28-12-20(24)22-14(2)15-4-6-17-18(11-15)27-10-9-26-17/h3-4,6-7,11,14H,5,8-10,12H2,1-2H3,(H,22,24)/t14-/m1/s1. The Kier molecular flexibility index (Phi) is 6.87. The summed E-state index contributed by atoms with van der Waals surface area (Å²) in [4.78, 5) is 37.6. The van der Waals surface area contributed by atoms with Crippen molar-refractivity contribution in [3.63, 3.8) is 0 Å². The van der Waals surface area contributed by atoms with Crippen LogP contribution in [0.4, 0.5) is 0 Å². The van der Waals surface area contributed by atoms with E-state index in [1.165, 1.54) is 11.3 Å². The molecule has 8 heteroatoms. The SMILES string of the molecule is Cc1ccc(C(=O)CCC(=O)OCC(=O)N[C@H](C)c2ccc3c(c2)OCCO3)s1. The molecular weight excluding hydrogens is 394 g/mol. The molecule has 0 unspecified atom stereocenters. The summed E-state index contributed by atoms with van der Waals surface area (Å²) in [6.07, 6.45) is 0.00871. The first-order chi connectivity index (χ1) is 13.9. The Labute approximate surface area is 173 Å². The maximum absolute atomic E-state index is 12.1. The van der Waals surface area contributed by atoms with E-state index >= 15 is 0 Å². The minimum Gasteiger partial charge on any atom is -0.486 e. The number of Topliss-reactive ketones (excluding diaryl/α,β-unsaturated/α-hetero) is 1. The van der Waals surface area contributed by atoms with Gasteiger partial charge in [-0.1, -0.05) is 6.07 Å². The Hall–Kier alpha value is -2.87. The van der Waals surface area contributed by atoms with Crippen LogP contribution < -0.4 is 14.8 Å².